The molecule has 0 saturated heterocycles. The molecule has 3 heterocycles. The molecule has 5 heteroatoms. The molecule has 0 N–H and O–H groups in total. The zero-order valence-electron chi connectivity index (χ0n) is 40.2. The first-order valence-electron chi connectivity index (χ1n) is 25.1. The fraction of sp³-hybridized carbons (Fsp3) is 0. The van der Waals surface area contributed by atoms with Crippen LogP contribution in [0.25, 0.3) is 134 Å². The molecule has 0 spiro atoms. The van der Waals surface area contributed by atoms with Crippen LogP contribution in [-0.4, -0.2) is 24.1 Å². The second kappa shape index (κ2) is 18.0. The molecule has 0 aliphatic rings. The van der Waals surface area contributed by atoms with Crippen LogP contribution in [-0.2, 0) is 0 Å². The summed E-state index contributed by atoms with van der Waals surface area (Å²) in [6.45, 7) is 0. The Morgan fingerprint density at radius 3 is 0.932 bits per heavy atom. The number of hydrogen-bond donors (Lipinski definition) is 0. The van der Waals surface area contributed by atoms with Crippen molar-refractivity contribution in [3.8, 4) is 90.0 Å². The molecular weight excluding hydrogens is 899 g/mol. The summed E-state index contributed by atoms with van der Waals surface area (Å²) < 4.78 is 4.82. The van der Waals surface area contributed by atoms with Crippen LogP contribution in [0.1, 0.15) is 0 Å². The van der Waals surface area contributed by atoms with Crippen LogP contribution in [0.4, 0.5) is 0 Å². The predicted octanol–water partition coefficient (Wildman–Crippen LogP) is 17.7. The molecule has 346 valence electrons. The molecule has 0 unspecified atom stereocenters. The van der Waals surface area contributed by atoms with E-state index in [1.54, 1.807) is 0 Å². The van der Waals surface area contributed by atoms with Gasteiger partial charge in [0.15, 0.2) is 17.5 Å². The minimum Gasteiger partial charge on any atom is -0.309 e. The Hall–Kier alpha value is -9.97. The van der Waals surface area contributed by atoms with Crippen LogP contribution in [0.2, 0.25) is 0 Å². The summed E-state index contributed by atoms with van der Waals surface area (Å²) in [5.41, 5.74) is 18.9. The fourth-order valence-electron chi connectivity index (χ4n) is 10.8. The van der Waals surface area contributed by atoms with Gasteiger partial charge >= 0.3 is 0 Å². The highest BCUT2D eigenvalue weighted by Gasteiger charge is 2.18. The van der Waals surface area contributed by atoms with Gasteiger partial charge in [0.25, 0.3) is 0 Å². The van der Waals surface area contributed by atoms with E-state index in [2.05, 4.69) is 221 Å². The molecule has 0 atom stereocenters. The SMILES string of the molecule is c1ccc(-c2nc(-c3ccccc3)nc(-c3cccc(-c4cccc(-c5cccc(-c6cccc(-n7c8ccccc8c8ccc(-c9cccc(-n%10c%11ccccc%11c%11ccccc%11%10)c9)cc87)c6)c5)c4)c3)n2)cc1. The number of rotatable bonds is 9. The van der Waals surface area contributed by atoms with Gasteiger partial charge in [0.05, 0.1) is 22.1 Å². The van der Waals surface area contributed by atoms with Crippen molar-refractivity contribution in [3.05, 3.63) is 273 Å². The molecule has 0 saturated carbocycles. The van der Waals surface area contributed by atoms with Crippen molar-refractivity contribution in [1.29, 1.82) is 0 Å². The third-order valence-electron chi connectivity index (χ3n) is 14.3. The van der Waals surface area contributed by atoms with Gasteiger partial charge < -0.3 is 9.13 Å². The van der Waals surface area contributed by atoms with E-state index in [1.807, 2.05) is 60.7 Å². The van der Waals surface area contributed by atoms with Gasteiger partial charge in [0.2, 0.25) is 0 Å². The summed E-state index contributed by atoms with van der Waals surface area (Å²) in [5, 5.41) is 4.97. The minimum absolute atomic E-state index is 0.633. The van der Waals surface area contributed by atoms with Crippen molar-refractivity contribution in [2.45, 2.75) is 0 Å². The average molecular weight is 944 g/mol. The Bertz CT molecular complexity index is 4320. The monoisotopic (exact) mass is 943 g/mol. The van der Waals surface area contributed by atoms with Gasteiger partial charge in [-0.15, -0.1) is 0 Å². The quantitative estimate of drug-likeness (QED) is 0.145. The number of fused-ring (bicyclic) bond motifs is 6. The Morgan fingerprint density at radius 2 is 0.486 bits per heavy atom. The van der Waals surface area contributed by atoms with E-state index in [0.717, 1.165) is 61.4 Å². The van der Waals surface area contributed by atoms with Crippen LogP contribution in [0.3, 0.4) is 0 Å². The lowest BCUT2D eigenvalue weighted by molar-refractivity contribution is 1.07. The second-order valence-electron chi connectivity index (χ2n) is 18.8. The summed E-state index contributed by atoms with van der Waals surface area (Å²) >= 11 is 0. The van der Waals surface area contributed by atoms with E-state index in [9.17, 15) is 0 Å². The molecule has 0 amide bonds. The molecule has 0 aliphatic carbocycles. The Kier molecular flexibility index (Phi) is 10.4. The lowest BCUT2D eigenvalue weighted by Crippen LogP contribution is -2.00. The van der Waals surface area contributed by atoms with Gasteiger partial charge in [-0.25, -0.2) is 15.0 Å². The zero-order valence-corrected chi connectivity index (χ0v) is 40.2. The zero-order chi connectivity index (χ0) is 49.0. The summed E-state index contributed by atoms with van der Waals surface area (Å²) in [6, 6.07) is 97.4. The van der Waals surface area contributed by atoms with E-state index in [0.29, 0.717) is 17.5 Å². The number of benzene rings is 11. The first-order chi connectivity index (χ1) is 36.7. The van der Waals surface area contributed by atoms with Gasteiger partial charge in [-0.3, -0.25) is 0 Å². The predicted molar refractivity (Wildman–Crippen MR) is 307 cm³/mol. The highest BCUT2D eigenvalue weighted by molar-refractivity contribution is 6.11. The Balaban J connectivity index is 0.803. The van der Waals surface area contributed by atoms with E-state index < -0.39 is 0 Å². The van der Waals surface area contributed by atoms with Gasteiger partial charge in [-0.1, -0.05) is 206 Å². The van der Waals surface area contributed by atoms with Crippen LogP contribution in [0.15, 0.2) is 273 Å². The molecule has 0 bridgehead atoms. The molecule has 0 fully saturated rings. The average Bonchev–Trinajstić information content (AvgIpc) is 4.01. The van der Waals surface area contributed by atoms with Gasteiger partial charge in [0, 0.05) is 49.6 Å². The van der Waals surface area contributed by atoms with Crippen molar-refractivity contribution < 1.29 is 0 Å². The van der Waals surface area contributed by atoms with Gasteiger partial charge in [0.1, 0.15) is 0 Å². The smallest absolute Gasteiger partial charge is 0.164 e. The minimum atomic E-state index is 0.633. The third-order valence-corrected chi connectivity index (χ3v) is 14.3. The molecule has 74 heavy (non-hydrogen) atoms. The standard InChI is InChI=1S/C69H45N5/c1-3-18-46(19-4-1)67-70-68(47-20-5-2-6-21-47)72-69(71-67)56-29-15-26-52(42-56)50-24-13-22-48(40-50)49-23-14-25-51(41-49)53-27-16-31-58(43-53)74-65-37-12-9-34-61(65)62-39-38-55(45-66(62)74)54-28-17-30-57(44-54)73-63-35-10-7-32-59(63)60-33-8-11-36-64(60)73/h1-45H. The van der Waals surface area contributed by atoms with E-state index in [-0.39, 0.29) is 0 Å². The van der Waals surface area contributed by atoms with Gasteiger partial charge in [-0.05, 0) is 111 Å². The molecular formula is C69H45N5. The van der Waals surface area contributed by atoms with E-state index >= 15 is 0 Å². The second-order valence-corrected chi connectivity index (χ2v) is 18.8. The van der Waals surface area contributed by atoms with Crippen molar-refractivity contribution in [3.63, 3.8) is 0 Å². The summed E-state index contributed by atoms with van der Waals surface area (Å²) in [4.78, 5) is 14.9. The Morgan fingerprint density at radius 1 is 0.189 bits per heavy atom. The maximum Gasteiger partial charge on any atom is 0.164 e. The first kappa shape index (κ1) is 42.9. The van der Waals surface area contributed by atoms with Crippen LogP contribution in [0.5, 0.6) is 0 Å². The topological polar surface area (TPSA) is 48.5 Å². The third kappa shape index (κ3) is 7.63. The van der Waals surface area contributed by atoms with Crippen molar-refractivity contribution >= 4 is 43.6 Å². The van der Waals surface area contributed by atoms with Gasteiger partial charge in [-0.2, -0.15) is 0 Å². The number of para-hydroxylation sites is 3. The maximum atomic E-state index is 5.01. The summed E-state index contributed by atoms with van der Waals surface area (Å²) in [5.74, 6) is 1.92. The first-order valence-corrected chi connectivity index (χ1v) is 25.1. The van der Waals surface area contributed by atoms with Crippen LogP contribution in [0, 0.1) is 0 Å². The van der Waals surface area contributed by atoms with Crippen molar-refractivity contribution in [2.24, 2.45) is 0 Å². The molecule has 14 aromatic rings. The van der Waals surface area contributed by atoms with Crippen molar-refractivity contribution in [2.75, 3.05) is 0 Å². The molecule has 11 aromatic carbocycles. The molecule has 3 aromatic heterocycles. The normalized spacial score (nSPS) is 11.5. The number of hydrogen-bond acceptors (Lipinski definition) is 3. The largest absolute Gasteiger partial charge is 0.309 e. The van der Waals surface area contributed by atoms with Crippen LogP contribution >= 0.6 is 0 Å². The van der Waals surface area contributed by atoms with Crippen molar-refractivity contribution in [1.82, 2.24) is 24.1 Å². The highest BCUT2D eigenvalue weighted by atomic mass is 15.0. The number of nitrogens with zero attached hydrogens (tertiary/aromatic N) is 5. The molecule has 5 nitrogen and oxygen atoms in total. The summed E-state index contributed by atoms with van der Waals surface area (Å²) in [6.07, 6.45) is 0. The molecule has 0 aliphatic heterocycles. The fourth-order valence-corrected chi connectivity index (χ4v) is 10.8. The Labute approximate surface area is 428 Å². The molecule has 0 radical (unpaired) electrons. The van der Waals surface area contributed by atoms with E-state index in [4.69, 9.17) is 15.0 Å². The lowest BCUT2D eigenvalue weighted by atomic mass is 9.95. The number of aromatic nitrogens is 5. The lowest BCUT2D eigenvalue weighted by Gasteiger charge is -2.13. The summed E-state index contributed by atoms with van der Waals surface area (Å²) in [7, 11) is 0. The highest BCUT2D eigenvalue weighted by Crippen LogP contribution is 2.39. The molecule has 14 rings (SSSR count). The van der Waals surface area contributed by atoms with E-state index in [1.165, 1.54) is 54.7 Å². The maximum absolute atomic E-state index is 5.01. The van der Waals surface area contributed by atoms with Crippen LogP contribution < -0.4 is 0 Å².